The second-order valence-electron chi connectivity index (χ2n) is 4.81. The minimum absolute atomic E-state index is 0.288. The average molecular weight is 368 g/mol. The number of benzene rings is 2. The summed E-state index contributed by atoms with van der Waals surface area (Å²) in [6, 6.07) is 13.7. The molecule has 2 aromatic carbocycles. The van der Waals surface area contributed by atoms with Crippen LogP contribution in [0.4, 0.5) is 0 Å². The van der Waals surface area contributed by atoms with E-state index in [0.717, 1.165) is 5.56 Å². The van der Waals surface area contributed by atoms with E-state index in [1.54, 1.807) is 42.5 Å². The first kappa shape index (κ1) is 18.1. The molecular formula is C17H15Cl2NO4. The van der Waals surface area contributed by atoms with Crippen LogP contribution in [0.1, 0.15) is 5.56 Å². The van der Waals surface area contributed by atoms with E-state index in [0.29, 0.717) is 22.3 Å². The van der Waals surface area contributed by atoms with E-state index in [1.807, 2.05) is 6.07 Å². The molecule has 0 spiro atoms. The predicted molar refractivity (Wildman–Crippen MR) is 91.2 cm³/mol. The van der Waals surface area contributed by atoms with E-state index in [9.17, 15) is 9.59 Å². The van der Waals surface area contributed by atoms with Gasteiger partial charge in [-0.15, -0.1) is 0 Å². The Morgan fingerprint density at radius 2 is 1.71 bits per heavy atom. The van der Waals surface area contributed by atoms with Crippen LogP contribution in [0.2, 0.25) is 10.0 Å². The summed E-state index contributed by atoms with van der Waals surface area (Å²) in [4.78, 5) is 23.2. The zero-order valence-corrected chi connectivity index (χ0v) is 14.1. The first-order chi connectivity index (χ1) is 11.5. The molecule has 0 bridgehead atoms. The monoisotopic (exact) mass is 367 g/mol. The number of esters is 1. The SMILES string of the molecule is O=C(COC(=O)COc1ccc(Cl)cc1)NCc1cccc(Cl)c1. The van der Waals surface area contributed by atoms with Crippen LogP contribution in [0.3, 0.4) is 0 Å². The van der Waals surface area contributed by atoms with Crippen LogP contribution in [0, 0.1) is 0 Å². The largest absolute Gasteiger partial charge is 0.482 e. The van der Waals surface area contributed by atoms with Crippen LogP contribution in [0.5, 0.6) is 5.75 Å². The Labute approximate surface area is 149 Å². The molecular weight excluding hydrogens is 353 g/mol. The van der Waals surface area contributed by atoms with Gasteiger partial charge in [0.25, 0.3) is 5.91 Å². The summed E-state index contributed by atoms with van der Waals surface area (Å²) in [5.41, 5.74) is 0.855. The van der Waals surface area contributed by atoms with E-state index in [2.05, 4.69) is 5.32 Å². The van der Waals surface area contributed by atoms with Gasteiger partial charge in [0.1, 0.15) is 5.75 Å². The van der Waals surface area contributed by atoms with Gasteiger partial charge in [-0.05, 0) is 42.0 Å². The Morgan fingerprint density at radius 3 is 2.42 bits per heavy atom. The molecule has 0 saturated carbocycles. The highest BCUT2D eigenvalue weighted by atomic mass is 35.5. The predicted octanol–water partition coefficient (Wildman–Crippen LogP) is 3.23. The van der Waals surface area contributed by atoms with Gasteiger partial charge in [-0.2, -0.15) is 0 Å². The molecule has 126 valence electrons. The Balaban J connectivity index is 1.65. The number of hydrogen-bond donors (Lipinski definition) is 1. The number of hydrogen-bond acceptors (Lipinski definition) is 4. The molecule has 0 atom stereocenters. The molecule has 1 amide bonds. The van der Waals surface area contributed by atoms with Gasteiger partial charge in [0.05, 0.1) is 0 Å². The van der Waals surface area contributed by atoms with Crippen LogP contribution < -0.4 is 10.1 Å². The third-order valence-corrected chi connectivity index (χ3v) is 3.40. The maximum atomic E-state index is 11.6. The summed E-state index contributed by atoms with van der Waals surface area (Å²) in [6.07, 6.45) is 0. The van der Waals surface area contributed by atoms with Crippen molar-refractivity contribution in [2.45, 2.75) is 6.54 Å². The number of amides is 1. The van der Waals surface area contributed by atoms with Crippen molar-refractivity contribution in [1.82, 2.24) is 5.32 Å². The van der Waals surface area contributed by atoms with Gasteiger partial charge in [-0.25, -0.2) is 4.79 Å². The zero-order chi connectivity index (χ0) is 17.4. The van der Waals surface area contributed by atoms with E-state index in [-0.39, 0.29) is 13.2 Å². The molecule has 24 heavy (non-hydrogen) atoms. The van der Waals surface area contributed by atoms with Crippen molar-refractivity contribution in [1.29, 1.82) is 0 Å². The van der Waals surface area contributed by atoms with Crippen molar-refractivity contribution in [2.75, 3.05) is 13.2 Å². The van der Waals surface area contributed by atoms with Gasteiger partial charge < -0.3 is 14.8 Å². The molecule has 0 aliphatic rings. The van der Waals surface area contributed by atoms with E-state index >= 15 is 0 Å². The van der Waals surface area contributed by atoms with Crippen LogP contribution >= 0.6 is 23.2 Å². The maximum Gasteiger partial charge on any atom is 0.344 e. The molecule has 0 unspecified atom stereocenters. The summed E-state index contributed by atoms with van der Waals surface area (Å²) in [7, 11) is 0. The van der Waals surface area contributed by atoms with Crippen molar-refractivity contribution in [3.05, 3.63) is 64.1 Å². The minimum Gasteiger partial charge on any atom is -0.482 e. The molecule has 0 radical (unpaired) electrons. The Kier molecular flexibility index (Phi) is 6.90. The van der Waals surface area contributed by atoms with Gasteiger partial charge >= 0.3 is 5.97 Å². The fraction of sp³-hybridized carbons (Fsp3) is 0.176. The molecule has 0 fully saturated rings. The van der Waals surface area contributed by atoms with Crippen molar-refractivity contribution in [3.63, 3.8) is 0 Å². The van der Waals surface area contributed by atoms with Crippen molar-refractivity contribution >= 4 is 35.1 Å². The maximum absolute atomic E-state index is 11.6. The summed E-state index contributed by atoms with van der Waals surface area (Å²) in [5, 5.41) is 3.79. The number of halogens is 2. The molecule has 2 rings (SSSR count). The fourth-order valence-electron chi connectivity index (χ4n) is 1.76. The molecule has 7 heteroatoms. The first-order valence-electron chi connectivity index (χ1n) is 7.08. The number of nitrogens with one attached hydrogen (secondary N) is 1. The molecule has 0 heterocycles. The molecule has 2 aromatic rings. The number of ether oxygens (including phenoxy) is 2. The lowest BCUT2D eigenvalue weighted by Gasteiger charge is -2.08. The lowest BCUT2D eigenvalue weighted by Crippen LogP contribution is -2.29. The van der Waals surface area contributed by atoms with Gasteiger partial charge in [0.2, 0.25) is 0 Å². The fourth-order valence-corrected chi connectivity index (χ4v) is 2.10. The topological polar surface area (TPSA) is 64.6 Å². The molecule has 0 aliphatic carbocycles. The highest BCUT2D eigenvalue weighted by Crippen LogP contribution is 2.15. The van der Waals surface area contributed by atoms with Gasteiger partial charge in [0, 0.05) is 16.6 Å². The van der Waals surface area contributed by atoms with Crippen molar-refractivity contribution in [3.8, 4) is 5.75 Å². The first-order valence-corrected chi connectivity index (χ1v) is 7.83. The standard InChI is InChI=1S/C17H15Cl2NO4/c18-13-4-6-15(7-5-13)23-11-17(22)24-10-16(21)20-9-12-2-1-3-14(19)8-12/h1-8H,9-11H2,(H,20,21). The summed E-state index contributed by atoms with van der Waals surface area (Å²) in [6.45, 7) is -0.356. The normalized spacial score (nSPS) is 10.1. The summed E-state index contributed by atoms with van der Waals surface area (Å²) in [5.74, 6) is -0.556. The molecule has 0 aliphatic heterocycles. The van der Waals surface area contributed by atoms with Gasteiger partial charge in [-0.1, -0.05) is 35.3 Å². The Morgan fingerprint density at radius 1 is 0.958 bits per heavy atom. The van der Waals surface area contributed by atoms with Crippen molar-refractivity contribution in [2.24, 2.45) is 0 Å². The van der Waals surface area contributed by atoms with Crippen LogP contribution in [-0.2, 0) is 20.9 Å². The van der Waals surface area contributed by atoms with Crippen LogP contribution in [-0.4, -0.2) is 25.1 Å². The number of carbonyl (C=O) groups excluding carboxylic acids is 2. The van der Waals surface area contributed by atoms with Gasteiger partial charge in [0.15, 0.2) is 13.2 Å². The molecule has 1 N–H and O–H groups in total. The third kappa shape index (κ3) is 6.48. The number of rotatable bonds is 7. The quantitative estimate of drug-likeness (QED) is 0.763. The zero-order valence-electron chi connectivity index (χ0n) is 12.6. The lowest BCUT2D eigenvalue weighted by molar-refractivity contribution is -0.150. The second kappa shape index (κ2) is 9.15. The summed E-state index contributed by atoms with van der Waals surface area (Å²) < 4.78 is 10.1. The van der Waals surface area contributed by atoms with Gasteiger partial charge in [-0.3, -0.25) is 4.79 Å². The summed E-state index contributed by atoms with van der Waals surface area (Å²) >= 11 is 11.6. The van der Waals surface area contributed by atoms with Crippen LogP contribution in [0.15, 0.2) is 48.5 Å². The van der Waals surface area contributed by atoms with E-state index < -0.39 is 11.9 Å². The molecule has 0 saturated heterocycles. The minimum atomic E-state index is -0.636. The van der Waals surface area contributed by atoms with E-state index in [4.69, 9.17) is 32.7 Å². The lowest BCUT2D eigenvalue weighted by atomic mass is 10.2. The third-order valence-electron chi connectivity index (χ3n) is 2.91. The average Bonchev–Trinajstić information content (AvgIpc) is 2.57. The second-order valence-corrected chi connectivity index (χ2v) is 5.68. The molecule has 5 nitrogen and oxygen atoms in total. The number of carbonyl (C=O) groups is 2. The van der Waals surface area contributed by atoms with Crippen LogP contribution in [0.25, 0.3) is 0 Å². The Bertz CT molecular complexity index is 704. The van der Waals surface area contributed by atoms with Crippen molar-refractivity contribution < 1.29 is 19.1 Å². The Hall–Kier alpha value is -2.24. The molecule has 0 aromatic heterocycles. The smallest absolute Gasteiger partial charge is 0.344 e. The highest BCUT2D eigenvalue weighted by molar-refractivity contribution is 6.30. The van der Waals surface area contributed by atoms with E-state index in [1.165, 1.54) is 0 Å². The highest BCUT2D eigenvalue weighted by Gasteiger charge is 2.08.